The number of hydrogen-bond acceptors (Lipinski definition) is 4. The van der Waals surface area contributed by atoms with Crippen molar-refractivity contribution in [2.45, 2.75) is 45.1 Å². The summed E-state index contributed by atoms with van der Waals surface area (Å²) in [6.07, 6.45) is 2.66. The molecule has 1 atom stereocenters. The minimum Gasteiger partial charge on any atom is -0.466 e. The lowest BCUT2D eigenvalue weighted by Crippen LogP contribution is -2.46. The van der Waals surface area contributed by atoms with Gasteiger partial charge in [0.1, 0.15) is 6.04 Å². The van der Waals surface area contributed by atoms with E-state index in [0.717, 1.165) is 12.0 Å². The first-order chi connectivity index (χ1) is 12.1. The second-order valence-electron chi connectivity index (χ2n) is 6.11. The van der Waals surface area contributed by atoms with E-state index >= 15 is 0 Å². The summed E-state index contributed by atoms with van der Waals surface area (Å²) < 4.78 is 4.85. The SMILES string of the molecule is CCOC(=O)CCCNC(=O)[C@H]1CCCN1C(=O)Cc1ccccc1. The number of ether oxygens (including phenoxy) is 1. The van der Waals surface area contributed by atoms with Gasteiger partial charge < -0.3 is 15.0 Å². The Kier molecular flexibility index (Phi) is 7.44. The van der Waals surface area contributed by atoms with Crippen molar-refractivity contribution < 1.29 is 19.1 Å². The molecule has 1 fully saturated rings. The summed E-state index contributed by atoms with van der Waals surface area (Å²) in [6, 6.07) is 9.15. The van der Waals surface area contributed by atoms with Gasteiger partial charge >= 0.3 is 5.97 Å². The largest absolute Gasteiger partial charge is 0.466 e. The van der Waals surface area contributed by atoms with Crippen LogP contribution in [0.3, 0.4) is 0 Å². The maximum Gasteiger partial charge on any atom is 0.305 e. The van der Waals surface area contributed by atoms with Crippen LogP contribution in [-0.4, -0.2) is 48.4 Å². The number of esters is 1. The number of nitrogens with zero attached hydrogens (tertiary/aromatic N) is 1. The van der Waals surface area contributed by atoms with Crippen LogP contribution in [0, 0.1) is 0 Å². The Balaban J connectivity index is 1.78. The summed E-state index contributed by atoms with van der Waals surface area (Å²) in [5.41, 5.74) is 0.952. The van der Waals surface area contributed by atoms with Crippen LogP contribution in [0.2, 0.25) is 0 Å². The molecule has 1 aromatic rings. The summed E-state index contributed by atoms with van der Waals surface area (Å²) in [5, 5.41) is 2.83. The number of amides is 2. The number of carbonyl (C=O) groups is 3. The monoisotopic (exact) mass is 346 g/mol. The van der Waals surface area contributed by atoms with Gasteiger partial charge in [0, 0.05) is 19.5 Å². The highest BCUT2D eigenvalue weighted by Gasteiger charge is 2.33. The summed E-state index contributed by atoms with van der Waals surface area (Å²) in [4.78, 5) is 37.8. The molecule has 0 unspecified atom stereocenters. The van der Waals surface area contributed by atoms with E-state index in [1.165, 1.54) is 0 Å². The third-order valence-corrected chi connectivity index (χ3v) is 4.24. The Morgan fingerprint density at radius 3 is 2.72 bits per heavy atom. The smallest absolute Gasteiger partial charge is 0.305 e. The fourth-order valence-electron chi connectivity index (χ4n) is 3.01. The van der Waals surface area contributed by atoms with Crippen LogP contribution >= 0.6 is 0 Å². The molecule has 1 N–H and O–H groups in total. The lowest BCUT2D eigenvalue weighted by Gasteiger charge is -2.24. The van der Waals surface area contributed by atoms with Gasteiger partial charge in [0.25, 0.3) is 0 Å². The molecule has 0 radical (unpaired) electrons. The third kappa shape index (κ3) is 5.89. The van der Waals surface area contributed by atoms with Crippen LogP contribution in [0.1, 0.15) is 38.2 Å². The molecule has 0 bridgehead atoms. The maximum absolute atomic E-state index is 12.5. The Bertz CT molecular complexity index is 588. The minimum absolute atomic E-state index is 0.0182. The summed E-state index contributed by atoms with van der Waals surface area (Å²) >= 11 is 0. The number of likely N-dealkylation sites (tertiary alicyclic amines) is 1. The first-order valence-corrected chi connectivity index (χ1v) is 8.88. The number of benzene rings is 1. The predicted octanol–water partition coefficient (Wildman–Crippen LogP) is 1.68. The Morgan fingerprint density at radius 1 is 1.24 bits per heavy atom. The van der Waals surface area contributed by atoms with Crippen molar-refractivity contribution in [2.75, 3.05) is 19.7 Å². The number of hydrogen-bond donors (Lipinski definition) is 1. The van der Waals surface area contributed by atoms with E-state index in [4.69, 9.17) is 4.74 Å². The second-order valence-corrected chi connectivity index (χ2v) is 6.11. The Hall–Kier alpha value is -2.37. The van der Waals surface area contributed by atoms with Crippen molar-refractivity contribution in [3.63, 3.8) is 0 Å². The standard InChI is InChI=1S/C19H26N2O4/c1-2-25-18(23)11-6-12-20-19(24)16-10-7-13-21(16)17(22)14-15-8-4-3-5-9-15/h3-5,8-9,16H,2,6-7,10-14H2,1H3,(H,20,24)/t16-/m1/s1. The van der Waals surface area contributed by atoms with Crippen LogP contribution in [0.4, 0.5) is 0 Å². The molecule has 1 aliphatic rings. The molecule has 1 saturated heterocycles. The van der Waals surface area contributed by atoms with Crippen molar-refractivity contribution in [2.24, 2.45) is 0 Å². The molecule has 25 heavy (non-hydrogen) atoms. The topological polar surface area (TPSA) is 75.7 Å². The van der Waals surface area contributed by atoms with Crippen molar-refractivity contribution in [3.8, 4) is 0 Å². The molecule has 0 saturated carbocycles. The lowest BCUT2D eigenvalue weighted by molar-refractivity contribution is -0.143. The van der Waals surface area contributed by atoms with Crippen LogP contribution in [0.5, 0.6) is 0 Å². The van der Waals surface area contributed by atoms with Gasteiger partial charge in [-0.25, -0.2) is 0 Å². The van der Waals surface area contributed by atoms with Gasteiger partial charge in [0.15, 0.2) is 0 Å². The summed E-state index contributed by atoms with van der Waals surface area (Å²) in [7, 11) is 0. The zero-order chi connectivity index (χ0) is 18.1. The molecule has 0 aliphatic carbocycles. The second kappa shape index (κ2) is 9.81. The van der Waals surface area contributed by atoms with Crippen molar-refractivity contribution >= 4 is 17.8 Å². The zero-order valence-corrected chi connectivity index (χ0v) is 14.7. The van der Waals surface area contributed by atoms with Gasteiger partial charge in [-0.2, -0.15) is 0 Å². The summed E-state index contributed by atoms with van der Waals surface area (Å²) in [6.45, 7) is 3.16. The fraction of sp³-hybridized carbons (Fsp3) is 0.526. The molecule has 136 valence electrons. The van der Waals surface area contributed by atoms with Gasteiger partial charge in [-0.3, -0.25) is 14.4 Å². The quantitative estimate of drug-likeness (QED) is 0.574. The van der Waals surface area contributed by atoms with E-state index in [0.29, 0.717) is 39.0 Å². The van der Waals surface area contributed by atoms with Crippen LogP contribution in [0.25, 0.3) is 0 Å². The molecule has 1 heterocycles. The third-order valence-electron chi connectivity index (χ3n) is 4.24. The lowest BCUT2D eigenvalue weighted by atomic mass is 10.1. The number of nitrogens with one attached hydrogen (secondary N) is 1. The molecular formula is C19H26N2O4. The normalized spacial score (nSPS) is 16.5. The maximum atomic E-state index is 12.5. The fourth-order valence-corrected chi connectivity index (χ4v) is 3.01. The highest BCUT2D eigenvalue weighted by molar-refractivity contribution is 5.89. The van der Waals surface area contributed by atoms with Crippen molar-refractivity contribution in [1.82, 2.24) is 10.2 Å². The van der Waals surface area contributed by atoms with E-state index in [9.17, 15) is 14.4 Å². The van der Waals surface area contributed by atoms with Gasteiger partial charge in [0.2, 0.25) is 11.8 Å². The first kappa shape index (κ1) is 19.0. The molecule has 2 amide bonds. The van der Waals surface area contributed by atoms with Crippen molar-refractivity contribution in [1.29, 1.82) is 0 Å². The molecule has 6 nitrogen and oxygen atoms in total. The molecule has 0 aromatic heterocycles. The first-order valence-electron chi connectivity index (χ1n) is 8.88. The van der Waals surface area contributed by atoms with E-state index in [2.05, 4.69) is 5.32 Å². The number of rotatable bonds is 8. The van der Waals surface area contributed by atoms with Crippen LogP contribution in [-0.2, 0) is 25.5 Å². The Labute approximate surface area is 148 Å². The molecular weight excluding hydrogens is 320 g/mol. The van der Waals surface area contributed by atoms with Crippen LogP contribution in [0.15, 0.2) is 30.3 Å². The number of carbonyl (C=O) groups excluding carboxylic acids is 3. The highest BCUT2D eigenvalue weighted by atomic mass is 16.5. The van der Waals surface area contributed by atoms with Gasteiger partial charge in [0.05, 0.1) is 13.0 Å². The van der Waals surface area contributed by atoms with Gasteiger partial charge in [-0.1, -0.05) is 30.3 Å². The van der Waals surface area contributed by atoms with E-state index in [-0.39, 0.29) is 24.2 Å². The molecule has 0 spiro atoms. The zero-order valence-electron chi connectivity index (χ0n) is 14.7. The minimum atomic E-state index is -0.404. The van der Waals surface area contributed by atoms with E-state index in [1.807, 2.05) is 30.3 Å². The molecule has 6 heteroatoms. The van der Waals surface area contributed by atoms with Crippen LogP contribution < -0.4 is 5.32 Å². The van der Waals surface area contributed by atoms with Gasteiger partial charge in [-0.15, -0.1) is 0 Å². The predicted molar refractivity (Wildman–Crippen MR) is 93.8 cm³/mol. The average molecular weight is 346 g/mol. The van der Waals surface area contributed by atoms with Gasteiger partial charge in [-0.05, 0) is 31.7 Å². The van der Waals surface area contributed by atoms with E-state index < -0.39 is 6.04 Å². The average Bonchev–Trinajstić information content (AvgIpc) is 3.09. The Morgan fingerprint density at radius 2 is 2.00 bits per heavy atom. The van der Waals surface area contributed by atoms with E-state index in [1.54, 1.807) is 11.8 Å². The highest BCUT2D eigenvalue weighted by Crippen LogP contribution is 2.19. The van der Waals surface area contributed by atoms with Crippen molar-refractivity contribution in [3.05, 3.63) is 35.9 Å². The molecule has 1 aliphatic heterocycles. The molecule has 1 aromatic carbocycles. The molecule has 2 rings (SSSR count). The summed E-state index contributed by atoms with van der Waals surface area (Å²) in [5.74, 6) is -0.407.